The summed E-state index contributed by atoms with van der Waals surface area (Å²) in [4.78, 5) is 12.0. The summed E-state index contributed by atoms with van der Waals surface area (Å²) in [5.41, 5.74) is 8.32. The van der Waals surface area contributed by atoms with E-state index >= 15 is 0 Å². The lowest BCUT2D eigenvalue weighted by molar-refractivity contribution is -0.124. The van der Waals surface area contributed by atoms with Gasteiger partial charge in [-0.3, -0.25) is 4.79 Å². The molecular formula is C15H23ClN2O2. The van der Waals surface area contributed by atoms with Crippen LogP contribution in [0, 0.1) is 12.8 Å². The van der Waals surface area contributed by atoms with Gasteiger partial charge in [0.1, 0.15) is 0 Å². The summed E-state index contributed by atoms with van der Waals surface area (Å²) in [6.07, 6.45) is 1.75. The molecule has 3 N–H and O–H groups in total. The Kier molecular flexibility index (Phi) is 6.99. The molecule has 4 nitrogen and oxygen atoms in total. The number of benzene rings is 1. The van der Waals surface area contributed by atoms with Gasteiger partial charge in [-0.1, -0.05) is 29.8 Å². The lowest BCUT2D eigenvalue weighted by Crippen LogP contribution is -2.46. The third-order valence-electron chi connectivity index (χ3n) is 3.66. The molecule has 0 saturated carbocycles. The fraction of sp³-hybridized carbons (Fsp3) is 0.533. The number of carbonyl (C=O) groups is 1. The highest BCUT2D eigenvalue weighted by Gasteiger charge is 2.26. The van der Waals surface area contributed by atoms with Gasteiger partial charge in [0.05, 0.1) is 6.04 Å². The van der Waals surface area contributed by atoms with E-state index < -0.39 is 6.04 Å². The second kappa shape index (κ2) is 8.25. The van der Waals surface area contributed by atoms with Gasteiger partial charge in [-0.15, -0.1) is 12.4 Å². The number of carbonyl (C=O) groups excluding carboxylic acids is 1. The van der Waals surface area contributed by atoms with Crippen LogP contribution in [0.4, 0.5) is 0 Å². The van der Waals surface area contributed by atoms with Crippen LogP contribution in [-0.4, -0.2) is 25.2 Å². The highest BCUT2D eigenvalue weighted by molar-refractivity contribution is 5.85. The predicted octanol–water partition coefficient (Wildman–Crippen LogP) is 1.79. The lowest BCUT2D eigenvalue weighted by Gasteiger charge is -2.26. The average molecular weight is 299 g/mol. The molecule has 1 heterocycles. The van der Waals surface area contributed by atoms with Gasteiger partial charge in [0.25, 0.3) is 0 Å². The van der Waals surface area contributed by atoms with Crippen LogP contribution in [0.1, 0.15) is 24.0 Å². The smallest absolute Gasteiger partial charge is 0.237 e. The van der Waals surface area contributed by atoms with Crippen LogP contribution < -0.4 is 11.1 Å². The summed E-state index contributed by atoms with van der Waals surface area (Å²) in [5, 5.41) is 2.91. The highest BCUT2D eigenvalue weighted by atomic mass is 35.5. The Bertz CT molecular complexity index is 416. The molecule has 1 fully saturated rings. The van der Waals surface area contributed by atoms with Crippen LogP contribution in [0.2, 0.25) is 0 Å². The van der Waals surface area contributed by atoms with E-state index in [2.05, 4.69) is 5.32 Å². The average Bonchev–Trinajstić information content (AvgIpc) is 2.46. The number of hydrogen-bond acceptors (Lipinski definition) is 3. The number of hydrogen-bond donors (Lipinski definition) is 2. The minimum absolute atomic E-state index is 0. The van der Waals surface area contributed by atoms with E-state index in [-0.39, 0.29) is 24.2 Å². The van der Waals surface area contributed by atoms with Crippen LogP contribution >= 0.6 is 12.4 Å². The first kappa shape index (κ1) is 17.0. The van der Waals surface area contributed by atoms with Crippen LogP contribution in [0.3, 0.4) is 0 Å². The number of nitrogens with one attached hydrogen (secondary N) is 1. The molecule has 0 bridgehead atoms. The van der Waals surface area contributed by atoms with E-state index in [4.69, 9.17) is 10.5 Å². The molecule has 1 unspecified atom stereocenters. The SMILES string of the molecule is Cc1ccc(CNC(=O)C(N)C2CCOCC2)cc1.Cl. The molecule has 0 aliphatic carbocycles. The first-order chi connectivity index (χ1) is 9.16. The number of aryl methyl sites for hydroxylation is 1. The Labute approximate surface area is 126 Å². The van der Waals surface area contributed by atoms with Gasteiger partial charge in [0.15, 0.2) is 0 Å². The summed E-state index contributed by atoms with van der Waals surface area (Å²) < 4.78 is 5.28. The van der Waals surface area contributed by atoms with E-state index in [1.807, 2.05) is 31.2 Å². The Morgan fingerprint density at radius 3 is 2.55 bits per heavy atom. The third kappa shape index (κ3) is 4.78. The van der Waals surface area contributed by atoms with Gasteiger partial charge in [0.2, 0.25) is 5.91 Å². The van der Waals surface area contributed by atoms with Crippen LogP contribution in [0.5, 0.6) is 0 Å². The monoisotopic (exact) mass is 298 g/mol. The molecule has 1 amide bonds. The molecule has 0 spiro atoms. The Morgan fingerprint density at radius 1 is 1.35 bits per heavy atom. The molecule has 1 aliphatic rings. The molecule has 1 saturated heterocycles. The molecule has 1 atom stereocenters. The number of nitrogens with two attached hydrogens (primary N) is 1. The fourth-order valence-corrected chi connectivity index (χ4v) is 2.30. The zero-order chi connectivity index (χ0) is 13.7. The van der Waals surface area contributed by atoms with Crippen molar-refractivity contribution in [2.75, 3.05) is 13.2 Å². The number of halogens is 1. The summed E-state index contributed by atoms with van der Waals surface area (Å²) in [7, 11) is 0. The molecule has 1 aromatic rings. The van der Waals surface area contributed by atoms with Crippen LogP contribution in [0.25, 0.3) is 0 Å². The van der Waals surface area contributed by atoms with Crippen LogP contribution in [-0.2, 0) is 16.1 Å². The molecular weight excluding hydrogens is 276 g/mol. The minimum Gasteiger partial charge on any atom is -0.381 e. The lowest BCUT2D eigenvalue weighted by atomic mass is 9.92. The number of rotatable bonds is 4. The summed E-state index contributed by atoms with van der Waals surface area (Å²) >= 11 is 0. The van der Waals surface area contributed by atoms with E-state index in [0.29, 0.717) is 19.8 Å². The number of ether oxygens (including phenoxy) is 1. The topological polar surface area (TPSA) is 64.4 Å². The second-order valence-corrected chi connectivity index (χ2v) is 5.18. The molecule has 5 heteroatoms. The second-order valence-electron chi connectivity index (χ2n) is 5.18. The maximum Gasteiger partial charge on any atom is 0.237 e. The van der Waals surface area contributed by atoms with Crippen LogP contribution in [0.15, 0.2) is 24.3 Å². The van der Waals surface area contributed by atoms with Gasteiger partial charge < -0.3 is 15.8 Å². The first-order valence-electron chi connectivity index (χ1n) is 6.83. The summed E-state index contributed by atoms with van der Waals surface area (Å²) in [6.45, 7) is 4.01. The number of amides is 1. The predicted molar refractivity (Wildman–Crippen MR) is 81.8 cm³/mol. The van der Waals surface area contributed by atoms with Gasteiger partial charge >= 0.3 is 0 Å². The fourth-order valence-electron chi connectivity index (χ4n) is 2.30. The van der Waals surface area contributed by atoms with Crippen molar-refractivity contribution in [3.8, 4) is 0 Å². The Morgan fingerprint density at radius 2 is 1.95 bits per heavy atom. The molecule has 2 rings (SSSR count). The zero-order valence-corrected chi connectivity index (χ0v) is 12.6. The molecule has 1 aromatic carbocycles. The largest absolute Gasteiger partial charge is 0.381 e. The molecule has 0 radical (unpaired) electrons. The molecule has 20 heavy (non-hydrogen) atoms. The Balaban J connectivity index is 0.00000200. The first-order valence-corrected chi connectivity index (χ1v) is 6.83. The quantitative estimate of drug-likeness (QED) is 0.891. The maximum atomic E-state index is 12.0. The van der Waals surface area contributed by atoms with Gasteiger partial charge in [-0.25, -0.2) is 0 Å². The zero-order valence-electron chi connectivity index (χ0n) is 11.8. The van der Waals surface area contributed by atoms with Crippen molar-refractivity contribution < 1.29 is 9.53 Å². The van der Waals surface area contributed by atoms with Crippen molar-refractivity contribution >= 4 is 18.3 Å². The van der Waals surface area contributed by atoms with E-state index in [0.717, 1.165) is 18.4 Å². The van der Waals surface area contributed by atoms with Gasteiger partial charge in [-0.2, -0.15) is 0 Å². The van der Waals surface area contributed by atoms with Gasteiger partial charge in [-0.05, 0) is 31.2 Å². The molecule has 1 aliphatic heterocycles. The van der Waals surface area contributed by atoms with E-state index in [9.17, 15) is 4.79 Å². The minimum atomic E-state index is -0.422. The summed E-state index contributed by atoms with van der Waals surface area (Å²) in [5.74, 6) is 0.180. The van der Waals surface area contributed by atoms with Crippen molar-refractivity contribution in [2.45, 2.75) is 32.4 Å². The standard InChI is InChI=1S/C15H22N2O2.ClH/c1-11-2-4-12(5-3-11)10-17-15(18)14(16)13-6-8-19-9-7-13;/h2-5,13-14H,6-10,16H2,1H3,(H,17,18);1H. The van der Waals surface area contributed by atoms with Crippen molar-refractivity contribution in [3.63, 3.8) is 0 Å². The van der Waals surface area contributed by atoms with Gasteiger partial charge in [0, 0.05) is 19.8 Å². The normalized spacial score (nSPS) is 17.1. The van der Waals surface area contributed by atoms with Crippen molar-refractivity contribution in [1.82, 2.24) is 5.32 Å². The Hall–Kier alpha value is -1.10. The molecule has 0 aromatic heterocycles. The molecule has 112 valence electrons. The maximum absolute atomic E-state index is 12.0. The van der Waals surface area contributed by atoms with Crippen molar-refractivity contribution in [3.05, 3.63) is 35.4 Å². The van der Waals surface area contributed by atoms with Crippen molar-refractivity contribution in [1.29, 1.82) is 0 Å². The summed E-state index contributed by atoms with van der Waals surface area (Å²) in [6, 6.07) is 7.71. The van der Waals surface area contributed by atoms with E-state index in [1.165, 1.54) is 5.56 Å². The third-order valence-corrected chi connectivity index (χ3v) is 3.66. The highest BCUT2D eigenvalue weighted by Crippen LogP contribution is 2.17. The van der Waals surface area contributed by atoms with Crippen molar-refractivity contribution in [2.24, 2.45) is 11.7 Å². The van der Waals surface area contributed by atoms with E-state index in [1.54, 1.807) is 0 Å².